The van der Waals surface area contributed by atoms with E-state index < -0.39 is 85.0 Å². The number of allylic oxidation sites excluding steroid dienone is 2. The number of ether oxygens (including phenoxy) is 3. The van der Waals surface area contributed by atoms with E-state index in [-0.39, 0.29) is 29.8 Å². The first-order chi connectivity index (χ1) is 24.7. The van der Waals surface area contributed by atoms with Gasteiger partial charge in [0.25, 0.3) is 22.9 Å². The lowest BCUT2D eigenvalue weighted by Gasteiger charge is -2.18. The van der Waals surface area contributed by atoms with Gasteiger partial charge in [-0.25, -0.2) is 19.2 Å². The number of methoxy groups -OCH3 is 1. The van der Waals surface area contributed by atoms with Crippen molar-refractivity contribution < 1.29 is 61.4 Å². The molecule has 0 amide bonds. The quantitative estimate of drug-likeness (QED) is 0.0920. The summed E-state index contributed by atoms with van der Waals surface area (Å²) >= 11 is 0. The average Bonchev–Trinajstić information content (AvgIpc) is 3.07. The van der Waals surface area contributed by atoms with Crippen molar-refractivity contribution in [2.24, 2.45) is 0 Å². The Kier molecular flexibility index (Phi) is 16.3. The van der Waals surface area contributed by atoms with Crippen molar-refractivity contribution >= 4 is 32.6 Å². The molecule has 2 aromatic heterocycles. The topological polar surface area (TPSA) is 273 Å². The zero-order valence-electron chi connectivity index (χ0n) is 28.1. The first kappa shape index (κ1) is 44.0. The molecule has 0 saturated heterocycles. The molecule has 0 fully saturated rings. The number of carboxylic acid groups (broad SMARTS) is 1. The first-order valence-corrected chi connectivity index (χ1v) is 19.1. The van der Waals surface area contributed by atoms with E-state index in [1.807, 2.05) is 0 Å². The van der Waals surface area contributed by atoms with Gasteiger partial charge in [0.1, 0.15) is 7.14 Å². The Morgan fingerprint density at radius 2 is 1.38 bits per heavy atom. The highest BCUT2D eigenvalue weighted by Crippen LogP contribution is 2.43. The molecule has 19 nitrogen and oxygen atoms in total. The molecule has 1 aromatic carbocycles. The minimum Gasteiger partial charge on any atom is -0.479 e. The average molecular weight is 791 g/mol. The second kappa shape index (κ2) is 19.6. The number of carbonyl (C=O) groups excluding carboxylic acids is 2. The third-order valence-electron chi connectivity index (χ3n) is 6.43. The number of carboxylic acids is 1. The van der Waals surface area contributed by atoms with Crippen LogP contribution in [0, 0.1) is 11.6 Å². The van der Waals surface area contributed by atoms with Gasteiger partial charge in [-0.2, -0.15) is 13.3 Å². The number of hydrogen-bond acceptors (Lipinski definition) is 12. The van der Waals surface area contributed by atoms with Crippen molar-refractivity contribution in [3.63, 3.8) is 0 Å². The van der Waals surface area contributed by atoms with Crippen molar-refractivity contribution in [1.29, 1.82) is 0 Å². The Balaban J connectivity index is 0.000000390. The number of hydrogen-bond donors (Lipinski definition) is 4. The summed E-state index contributed by atoms with van der Waals surface area (Å²) in [5.74, 6) is -9.50. The summed E-state index contributed by atoms with van der Waals surface area (Å²) in [6, 6.07) is 7.55. The van der Waals surface area contributed by atoms with Crippen LogP contribution in [0.25, 0.3) is 0 Å². The number of esters is 1. The molecular formula is C30H34F2N4O15P2. The summed E-state index contributed by atoms with van der Waals surface area (Å²) in [7, 11) is -6.74. The smallest absolute Gasteiger partial charge is 0.365 e. The van der Waals surface area contributed by atoms with E-state index in [2.05, 4.69) is 9.47 Å². The van der Waals surface area contributed by atoms with Gasteiger partial charge in [-0.1, -0.05) is 42.5 Å². The molecule has 3 aromatic rings. The summed E-state index contributed by atoms with van der Waals surface area (Å²) in [6.07, 6.45) is 6.66. The molecule has 53 heavy (non-hydrogen) atoms. The number of aromatic amines is 1. The maximum Gasteiger partial charge on any atom is 0.365 e. The monoisotopic (exact) mass is 790 g/mol. The highest BCUT2D eigenvalue weighted by molar-refractivity contribution is 7.63. The Labute approximate surface area is 296 Å². The summed E-state index contributed by atoms with van der Waals surface area (Å²) < 4.78 is 66.2. The molecule has 2 heterocycles. The van der Waals surface area contributed by atoms with E-state index >= 15 is 0 Å². The Morgan fingerprint density at radius 3 is 1.89 bits per heavy atom. The summed E-state index contributed by atoms with van der Waals surface area (Å²) in [6.45, 7) is 1.83. The van der Waals surface area contributed by atoms with Crippen molar-refractivity contribution in [3.05, 3.63) is 126 Å². The number of H-pyrrole nitrogens is 1. The number of benzene rings is 1. The van der Waals surface area contributed by atoms with Crippen molar-refractivity contribution in [2.45, 2.75) is 24.8 Å². The molecule has 0 aliphatic heterocycles. The van der Waals surface area contributed by atoms with Crippen LogP contribution in [0.3, 0.4) is 0 Å². The maximum absolute atomic E-state index is 14.1. The van der Waals surface area contributed by atoms with Gasteiger partial charge >= 0.3 is 30.9 Å². The summed E-state index contributed by atoms with van der Waals surface area (Å²) in [5.41, 5.74) is -4.30. The number of halogens is 2. The lowest BCUT2D eigenvalue weighted by Crippen LogP contribution is -2.44. The standard InChI is InChI=1S/C20H22FN2O7P.C10H12FN2O8P/c1-29-18(26)19(31(2,3)28)30-12-8-7-11-22-13-15(21)17(25)23(20(22)27)16(24)14-9-5-4-6-10-14;11-6-5-13(10(17)12-7(6)14)3-1-2-4-21-9(8(15)16)22(18,19)20/h4-10,13,19H,11-12H2,1-3H3;1-2,5,9H,3-4H2,(H,15,16)(H,12,14,17)(H2,18,19,20)/b8-7-;2-1-. The maximum atomic E-state index is 14.1. The van der Waals surface area contributed by atoms with E-state index in [9.17, 15) is 51.5 Å². The van der Waals surface area contributed by atoms with Gasteiger partial charge in [-0.05, 0) is 25.5 Å². The molecule has 0 spiro atoms. The van der Waals surface area contributed by atoms with Gasteiger partial charge in [0.2, 0.25) is 17.5 Å². The van der Waals surface area contributed by atoms with Gasteiger partial charge in [-0.3, -0.25) is 33.1 Å². The van der Waals surface area contributed by atoms with Crippen molar-refractivity contribution in [1.82, 2.24) is 18.7 Å². The van der Waals surface area contributed by atoms with E-state index in [1.54, 1.807) is 23.2 Å². The number of nitrogens with zero attached hydrogens (tertiary/aromatic N) is 3. The Hall–Kier alpha value is -5.17. The van der Waals surface area contributed by atoms with Gasteiger partial charge in [0, 0.05) is 18.7 Å². The van der Waals surface area contributed by atoms with Crippen molar-refractivity contribution in [3.8, 4) is 0 Å². The van der Waals surface area contributed by atoms with Gasteiger partial charge in [0.15, 0.2) is 0 Å². The van der Waals surface area contributed by atoms with E-state index in [1.165, 1.54) is 49.8 Å². The lowest BCUT2D eigenvalue weighted by molar-refractivity contribution is -0.148. The van der Waals surface area contributed by atoms with Crippen LogP contribution in [-0.2, 0) is 46.0 Å². The largest absolute Gasteiger partial charge is 0.479 e. The number of aliphatic carboxylic acids is 1. The van der Waals surface area contributed by atoms with Crippen LogP contribution in [0.5, 0.6) is 0 Å². The van der Waals surface area contributed by atoms with Crippen molar-refractivity contribution in [2.75, 3.05) is 33.7 Å². The van der Waals surface area contributed by atoms with Crippen LogP contribution >= 0.6 is 14.7 Å². The number of carbonyl (C=O) groups is 3. The fourth-order valence-corrected chi connectivity index (χ4v) is 5.55. The van der Waals surface area contributed by atoms with Gasteiger partial charge in [-0.15, -0.1) is 0 Å². The second-order valence-corrected chi connectivity index (χ2v) is 15.8. The van der Waals surface area contributed by atoms with Gasteiger partial charge < -0.3 is 33.7 Å². The van der Waals surface area contributed by atoms with Crippen LogP contribution in [-0.4, -0.2) is 96.8 Å². The molecule has 3 rings (SSSR count). The van der Waals surface area contributed by atoms with E-state index in [0.29, 0.717) is 12.4 Å². The van der Waals surface area contributed by atoms with E-state index in [0.717, 1.165) is 16.2 Å². The molecule has 2 atom stereocenters. The zero-order valence-corrected chi connectivity index (χ0v) is 29.9. The molecule has 0 aliphatic rings. The minimum atomic E-state index is -4.96. The number of nitrogens with one attached hydrogen (secondary N) is 1. The van der Waals surface area contributed by atoms with Crippen LogP contribution in [0.1, 0.15) is 10.4 Å². The molecule has 0 saturated carbocycles. The third-order valence-corrected chi connectivity index (χ3v) is 8.90. The molecule has 23 heteroatoms. The Morgan fingerprint density at radius 1 is 0.849 bits per heavy atom. The number of aromatic nitrogens is 4. The molecule has 288 valence electrons. The predicted molar refractivity (Wildman–Crippen MR) is 181 cm³/mol. The molecule has 0 radical (unpaired) electrons. The normalized spacial score (nSPS) is 13.0. The molecule has 4 N–H and O–H groups in total. The lowest BCUT2D eigenvalue weighted by atomic mass is 10.2. The SMILES string of the molecule is COC(=O)C(OC/C=C\Cn1cc(F)c(=O)n(C(=O)c2ccccc2)c1=O)P(C)(C)=O.O=C(O)C(OC/C=C\Cn1cc(F)c(=O)[nH]c1=O)P(=O)(O)O. The minimum absolute atomic E-state index is 0.0557. The molecule has 0 aliphatic carbocycles. The highest BCUT2D eigenvalue weighted by Gasteiger charge is 2.36. The second-order valence-electron chi connectivity index (χ2n) is 10.8. The molecule has 2 unspecified atom stereocenters. The van der Waals surface area contributed by atoms with E-state index in [4.69, 9.17) is 19.6 Å². The molecule has 0 bridgehead atoms. The zero-order chi connectivity index (χ0) is 40.1. The highest BCUT2D eigenvalue weighted by atomic mass is 31.2. The van der Waals surface area contributed by atoms with Crippen LogP contribution in [0.2, 0.25) is 0 Å². The summed E-state index contributed by atoms with van der Waals surface area (Å²) in [4.78, 5) is 101. The molecular weight excluding hydrogens is 756 g/mol. The fourth-order valence-electron chi connectivity index (χ4n) is 3.93. The van der Waals surface area contributed by atoms with Crippen LogP contribution in [0.15, 0.2) is 86.2 Å². The predicted octanol–water partition coefficient (Wildman–Crippen LogP) is 0.369. The summed E-state index contributed by atoms with van der Waals surface area (Å²) in [5, 5.41) is 8.57. The Bertz CT molecular complexity index is 2180. The third kappa shape index (κ3) is 13.1. The fraction of sp³-hybridized carbons (Fsp3) is 0.300. The van der Waals surface area contributed by atoms with Crippen LogP contribution < -0.4 is 22.5 Å². The van der Waals surface area contributed by atoms with Gasteiger partial charge in [0.05, 0.1) is 32.7 Å². The van der Waals surface area contributed by atoms with Crippen LogP contribution in [0.4, 0.5) is 8.78 Å². The number of rotatable bonds is 15. The first-order valence-electron chi connectivity index (χ1n) is 14.7.